The Balaban J connectivity index is 2.85. The number of nitrogens with two attached hydrogens (primary N) is 2. The number of hydrogen-bond acceptors (Lipinski definition) is 6. The molecule has 0 radical (unpaired) electrons. The molecule has 0 fully saturated rings. The predicted octanol–water partition coefficient (Wildman–Crippen LogP) is 1.19. The second kappa shape index (κ2) is 4.52. The van der Waals surface area contributed by atoms with Gasteiger partial charge in [-0.05, 0) is 12.3 Å². The molecule has 90 valence electrons. The van der Waals surface area contributed by atoms with Crippen molar-refractivity contribution in [3.63, 3.8) is 0 Å². The van der Waals surface area contributed by atoms with E-state index in [9.17, 15) is 0 Å². The van der Waals surface area contributed by atoms with Crippen LogP contribution in [0.15, 0.2) is 6.07 Å². The van der Waals surface area contributed by atoms with Gasteiger partial charge in [-0.15, -0.1) is 0 Å². The highest BCUT2D eigenvalue weighted by atomic mass is 15.3. The Morgan fingerprint density at radius 2 is 1.81 bits per heavy atom. The van der Waals surface area contributed by atoms with Crippen molar-refractivity contribution in [2.45, 2.75) is 33.7 Å². The molecule has 0 bridgehead atoms. The van der Waals surface area contributed by atoms with Crippen LogP contribution < -0.4 is 22.3 Å². The van der Waals surface area contributed by atoms with Crippen LogP contribution in [0.3, 0.4) is 0 Å². The molecule has 6 nitrogen and oxygen atoms in total. The Kier molecular flexibility index (Phi) is 3.54. The third kappa shape index (κ3) is 3.23. The minimum absolute atomic E-state index is 0.135. The van der Waals surface area contributed by atoms with Crippen molar-refractivity contribution in [2.75, 3.05) is 16.5 Å². The number of hydrogen-bond donors (Lipinski definition) is 4. The molecule has 0 amide bonds. The molecule has 1 aromatic heterocycles. The number of nitrogen functional groups attached to an aromatic ring is 2. The first-order chi connectivity index (χ1) is 7.32. The van der Waals surface area contributed by atoms with E-state index in [2.05, 4.69) is 48.4 Å². The van der Waals surface area contributed by atoms with Crippen molar-refractivity contribution in [3.8, 4) is 0 Å². The van der Waals surface area contributed by atoms with Crippen LogP contribution in [0.25, 0.3) is 0 Å². The van der Waals surface area contributed by atoms with E-state index in [0.717, 1.165) is 0 Å². The Hall–Kier alpha value is -1.56. The second-order valence-electron chi connectivity index (χ2n) is 4.87. The maximum absolute atomic E-state index is 5.56. The van der Waals surface area contributed by atoms with Crippen LogP contribution in [0.1, 0.15) is 27.7 Å². The topological polar surface area (TPSA) is 102 Å². The van der Waals surface area contributed by atoms with Crippen molar-refractivity contribution in [1.29, 1.82) is 0 Å². The molecule has 0 saturated carbocycles. The SMILES string of the molecule is CC(Nc1cc(NN)nc(N)n1)C(C)(C)C. The van der Waals surface area contributed by atoms with Gasteiger partial charge in [-0.25, -0.2) is 5.84 Å². The fourth-order valence-electron chi connectivity index (χ4n) is 1.05. The molecule has 0 aromatic carbocycles. The van der Waals surface area contributed by atoms with Crippen LogP contribution in [0.4, 0.5) is 17.6 Å². The molecule has 6 N–H and O–H groups in total. The number of hydrazine groups is 1. The standard InChI is InChI=1S/C10H20N6/c1-6(10(2,3)4)13-7-5-8(16-12)15-9(11)14-7/h5-6H,12H2,1-4H3,(H4,11,13,14,15,16). The van der Waals surface area contributed by atoms with E-state index < -0.39 is 0 Å². The molecule has 0 saturated heterocycles. The molecule has 1 aromatic rings. The van der Waals surface area contributed by atoms with E-state index in [1.807, 2.05) is 0 Å². The summed E-state index contributed by atoms with van der Waals surface area (Å²) in [6, 6.07) is 1.98. The number of anilines is 3. The third-order valence-corrected chi connectivity index (χ3v) is 2.55. The lowest BCUT2D eigenvalue weighted by atomic mass is 9.88. The van der Waals surface area contributed by atoms with E-state index >= 15 is 0 Å². The predicted molar refractivity (Wildman–Crippen MR) is 66.8 cm³/mol. The van der Waals surface area contributed by atoms with E-state index in [4.69, 9.17) is 11.6 Å². The molecule has 1 heterocycles. The zero-order chi connectivity index (χ0) is 12.3. The van der Waals surface area contributed by atoms with Crippen LogP contribution in [0.5, 0.6) is 0 Å². The van der Waals surface area contributed by atoms with Gasteiger partial charge in [-0.2, -0.15) is 9.97 Å². The van der Waals surface area contributed by atoms with Crippen LogP contribution in [-0.4, -0.2) is 16.0 Å². The van der Waals surface area contributed by atoms with E-state index in [-0.39, 0.29) is 17.4 Å². The summed E-state index contributed by atoms with van der Waals surface area (Å²) in [5, 5.41) is 3.27. The van der Waals surface area contributed by atoms with Gasteiger partial charge in [0.05, 0.1) is 0 Å². The summed E-state index contributed by atoms with van der Waals surface area (Å²) in [6.07, 6.45) is 0. The minimum Gasteiger partial charge on any atom is -0.368 e. The van der Waals surface area contributed by atoms with Gasteiger partial charge < -0.3 is 16.5 Å². The third-order valence-electron chi connectivity index (χ3n) is 2.55. The molecule has 16 heavy (non-hydrogen) atoms. The first kappa shape index (κ1) is 12.5. The second-order valence-corrected chi connectivity index (χ2v) is 4.87. The summed E-state index contributed by atoms with van der Waals surface area (Å²) >= 11 is 0. The summed E-state index contributed by atoms with van der Waals surface area (Å²) in [5.41, 5.74) is 8.15. The fraction of sp³-hybridized carbons (Fsp3) is 0.600. The molecule has 0 aliphatic rings. The molecule has 1 rings (SSSR count). The molecular weight excluding hydrogens is 204 g/mol. The number of aromatic nitrogens is 2. The lowest BCUT2D eigenvalue weighted by Gasteiger charge is -2.28. The van der Waals surface area contributed by atoms with Gasteiger partial charge in [-0.1, -0.05) is 20.8 Å². The quantitative estimate of drug-likeness (QED) is 0.454. The zero-order valence-electron chi connectivity index (χ0n) is 10.2. The highest BCUT2D eigenvalue weighted by Gasteiger charge is 2.20. The highest BCUT2D eigenvalue weighted by Crippen LogP contribution is 2.22. The van der Waals surface area contributed by atoms with E-state index in [1.165, 1.54) is 0 Å². The molecule has 1 atom stereocenters. The summed E-state index contributed by atoms with van der Waals surface area (Å²) in [6.45, 7) is 8.54. The number of nitrogens with zero attached hydrogens (tertiary/aromatic N) is 2. The summed E-state index contributed by atoms with van der Waals surface area (Å²) in [5.74, 6) is 6.64. The molecule has 0 aliphatic heterocycles. The van der Waals surface area contributed by atoms with Gasteiger partial charge >= 0.3 is 0 Å². The molecule has 0 spiro atoms. The largest absolute Gasteiger partial charge is 0.368 e. The first-order valence-corrected chi connectivity index (χ1v) is 5.20. The Bertz CT molecular complexity index is 357. The van der Waals surface area contributed by atoms with Crippen molar-refractivity contribution >= 4 is 17.6 Å². The van der Waals surface area contributed by atoms with E-state index in [1.54, 1.807) is 6.07 Å². The Morgan fingerprint density at radius 1 is 1.25 bits per heavy atom. The van der Waals surface area contributed by atoms with Gasteiger partial charge in [-0.3, -0.25) is 0 Å². The summed E-state index contributed by atoms with van der Waals surface area (Å²) in [4.78, 5) is 8.01. The number of nitrogens with one attached hydrogen (secondary N) is 2. The van der Waals surface area contributed by atoms with Crippen LogP contribution in [0.2, 0.25) is 0 Å². The Morgan fingerprint density at radius 3 is 2.31 bits per heavy atom. The zero-order valence-corrected chi connectivity index (χ0v) is 10.2. The monoisotopic (exact) mass is 224 g/mol. The lowest BCUT2D eigenvalue weighted by molar-refractivity contribution is 0.359. The van der Waals surface area contributed by atoms with E-state index in [0.29, 0.717) is 11.6 Å². The highest BCUT2D eigenvalue weighted by molar-refractivity contribution is 5.50. The maximum atomic E-state index is 5.56. The number of rotatable bonds is 3. The van der Waals surface area contributed by atoms with Gasteiger partial charge in [0.2, 0.25) is 5.95 Å². The van der Waals surface area contributed by atoms with Crippen molar-refractivity contribution in [2.24, 2.45) is 11.3 Å². The van der Waals surface area contributed by atoms with Crippen molar-refractivity contribution < 1.29 is 0 Å². The fourth-order valence-corrected chi connectivity index (χ4v) is 1.05. The lowest BCUT2D eigenvalue weighted by Crippen LogP contribution is -2.31. The summed E-state index contributed by atoms with van der Waals surface area (Å²) in [7, 11) is 0. The average molecular weight is 224 g/mol. The molecule has 1 unspecified atom stereocenters. The smallest absolute Gasteiger partial charge is 0.223 e. The minimum atomic E-state index is 0.135. The maximum Gasteiger partial charge on any atom is 0.223 e. The van der Waals surface area contributed by atoms with Gasteiger partial charge in [0.1, 0.15) is 11.6 Å². The average Bonchev–Trinajstić information content (AvgIpc) is 2.15. The molecular formula is C10H20N6. The van der Waals surface area contributed by atoms with Crippen LogP contribution in [-0.2, 0) is 0 Å². The molecule has 0 aliphatic carbocycles. The van der Waals surface area contributed by atoms with Crippen molar-refractivity contribution in [1.82, 2.24) is 9.97 Å². The van der Waals surface area contributed by atoms with Gasteiger partial charge in [0.15, 0.2) is 0 Å². The van der Waals surface area contributed by atoms with Crippen LogP contribution >= 0.6 is 0 Å². The summed E-state index contributed by atoms with van der Waals surface area (Å²) < 4.78 is 0. The van der Waals surface area contributed by atoms with Gasteiger partial charge in [0.25, 0.3) is 0 Å². The Labute approximate surface area is 95.8 Å². The van der Waals surface area contributed by atoms with Crippen molar-refractivity contribution in [3.05, 3.63) is 6.07 Å². The normalized spacial score (nSPS) is 13.3. The first-order valence-electron chi connectivity index (χ1n) is 5.20. The van der Waals surface area contributed by atoms with Crippen LogP contribution in [0, 0.1) is 5.41 Å². The van der Waals surface area contributed by atoms with Gasteiger partial charge in [0, 0.05) is 12.1 Å². The molecule has 6 heteroatoms.